The number of halogens is 1. The average molecular weight is 468 g/mol. The van der Waals surface area contributed by atoms with E-state index in [9.17, 15) is 17.6 Å². The maximum Gasteiger partial charge on any atom is 0.229 e. The average Bonchev–Trinajstić information content (AvgIpc) is 2.77. The second kappa shape index (κ2) is 9.05. The van der Waals surface area contributed by atoms with E-state index in [2.05, 4.69) is 14.9 Å². The molecule has 1 aromatic heterocycles. The first-order valence-electron chi connectivity index (χ1n) is 9.55. The van der Waals surface area contributed by atoms with E-state index >= 15 is 0 Å². The van der Waals surface area contributed by atoms with Crippen molar-refractivity contribution < 1.29 is 17.6 Å². The largest absolute Gasteiger partial charge is 0.293 e. The minimum Gasteiger partial charge on any atom is -0.293 e. The summed E-state index contributed by atoms with van der Waals surface area (Å²) in [6.45, 7) is 0. The van der Waals surface area contributed by atoms with Gasteiger partial charge in [0.25, 0.3) is 0 Å². The van der Waals surface area contributed by atoms with Crippen LogP contribution < -0.4 is 4.72 Å². The zero-order valence-electron chi connectivity index (χ0n) is 16.9. The lowest BCUT2D eigenvalue weighted by molar-refractivity contribution is 0.102. The summed E-state index contributed by atoms with van der Waals surface area (Å²) in [4.78, 5) is 12.6. The van der Waals surface area contributed by atoms with E-state index in [4.69, 9.17) is 0 Å². The molecular formula is C23H18FN3O3S2. The number of nitrogens with one attached hydrogen (secondary N) is 1. The van der Waals surface area contributed by atoms with Crippen molar-refractivity contribution in [2.45, 2.75) is 5.03 Å². The number of sulfonamides is 1. The van der Waals surface area contributed by atoms with Gasteiger partial charge in [-0.15, -0.1) is 10.2 Å². The van der Waals surface area contributed by atoms with Crippen LogP contribution in [0.1, 0.15) is 10.4 Å². The highest BCUT2D eigenvalue weighted by Crippen LogP contribution is 2.32. The van der Waals surface area contributed by atoms with E-state index < -0.39 is 10.0 Å². The second-order valence-corrected chi connectivity index (χ2v) is 9.78. The van der Waals surface area contributed by atoms with E-state index in [-0.39, 0.29) is 17.4 Å². The number of carbonyl (C=O) groups is 1. The van der Waals surface area contributed by atoms with E-state index in [1.165, 1.54) is 23.9 Å². The molecule has 0 fully saturated rings. The van der Waals surface area contributed by atoms with Crippen LogP contribution in [0.4, 0.5) is 10.1 Å². The lowest BCUT2D eigenvalue weighted by Crippen LogP contribution is -2.10. The highest BCUT2D eigenvalue weighted by molar-refractivity contribution is 8.00. The number of carbonyl (C=O) groups excluding carboxylic acids is 1. The molecule has 9 heteroatoms. The molecular weight excluding hydrogens is 449 g/mol. The predicted octanol–water partition coefficient (Wildman–Crippen LogP) is 4.78. The van der Waals surface area contributed by atoms with Gasteiger partial charge in [0.15, 0.2) is 5.78 Å². The first kappa shape index (κ1) is 21.9. The molecule has 6 nitrogen and oxygen atoms in total. The number of hydrogen-bond acceptors (Lipinski definition) is 6. The Morgan fingerprint density at radius 1 is 0.938 bits per heavy atom. The Bertz CT molecular complexity index is 1390. The molecule has 1 N–H and O–H groups in total. The van der Waals surface area contributed by atoms with Gasteiger partial charge in [-0.2, -0.15) is 0 Å². The molecule has 0 aliphatic carbocycles. The number of hydrogen-bond donors (Lipinski definition) is 1. The lowest BCUT2D eigenvalue weighted by atomic mass is 10.1. The van der Waals surface area contributed by atoms with Crippen molar-refractivity contribution in [3.05, 3.63) is 84.2 Å². The summed E-state index contributed by atoms with van der Waals surface area (Å²) in [6.07, 6.45) is 1.06. The number of ketones is 1. The molecule has 0 spiro atoms. The van der Waals surface area contributed by atoms with Gasteiger partial charge in [0.2, 0.25) is 10.0 Å². The van der Waals surface area contributed by atoms with Crippen LogP contribution in [0.5, 0.6) is 0 Å². The van der Waals surface area contributed by atoms with Crippen molar-refractivity contribution >= 4 is 44.0 Å². The van der Waals surface area contributed by atoms with Crippen LogP contribution in [0, 0.1) is 5.82 Å². The summed E-state index contributed by atoms with van der Waals surface area (Å²) in [6, 6.07) is 19.9. The van der Waals surface area contributed by atoms with E-state index in [0.717, 1.165) is 22.6 Å². The Hall–Kier alpha value is -3.30. The highest BCUT2D eigenvalue weighted by atomic mass is 32.2. The second-order valence-electron chi connectivity index (χ2n) is 7.07. The number of Topliss-reactive ketones (excluding diaryl/α,β-unsaturated/α-hetero) is 1. The third-order valence-electron chi connectivity index (χ3n) is 4.62. The Morgan fingerprint density at radius 2 is 1.59 bits per heavy atom. The van der Waals surface area contributed by atoms with Crippen LogP contribution >= 0.6 is 11.8 Å². The quantitative estimate of drug-likeness (QED) is 0.311. The standard InChI is InChI=1S/C23H18FN3O3S2/c1-32(29,30)27-18-12-8-15(9-13-18)21(28)14-31-23-20-5-3-2-4-19(20)22(25-26-23)16-6-10-17(24)11-7-16/h2-13,27H,14H2,1H3. The van der Waals surface area contributed by atoms with Crippen molar-refractivity contribution in [1.82, 2.24) is 10.2 Å². The Morgan fingerprint density at radius 3 is 2.25 bits per heavy atom. The minimum absolute atomic E-state index is 0.116. The third kappa shape index (κ3) is 5.12. The van der Waals surface area contributed by atoms with E-state index in [0.29, 0.717) is 22.0 Å². The van der Waals surface area contributed by atoms with Crippen molar-refractivity contribution in [3.8, 4) is 11.3 Å². The molecule has 32 heavy (non-hydrogen) atoms. The fourth-order valence-electron chi connectivity index (χ4n) is 3.16. The minimum atomic E-state index is -3.38. The number of aromatic nitrogens is 2. The number of fused-ring (bicyclic) bond motifs is 1. The molecule has 0 radical (unpaired) electrons. The molecule has 4 aromatic rings. The summed E-state index contributed by atoms with van der Waals surface area (Å²) in [7, 11) is -3.38. The highest BCUT2D eigenvalue weighted by Gasteiger charge is 2.14. The Labute approximate surface area is 188 Å². The van der Waals surface area contributed by atoms with Crippen molar-refractivity contribution in [1.29, 1.82) is 0 Å². The number of benzene rings is 3. The van der Waals surface area contributed by atoms with Gasteiger partial charge in [0, 0.05) is 27.6 Å². The van der Waals surface area contributed by atoms with Gasteiger partial charge in [-0.05, 0) is 48.5 Å². The molecule has 162 valence electrons. The zero-order valence-corrected chi connectivity index (χ0v) is 18.6. The molecule has 0 aliphatic rings. The number of thioether (sulfide) groups is 1. The predicted molar refractivity (Wildman–Crippen MR) is 125 cm³/mol. The molecule has 0 aliphatic heterocycles. The fourth-order valence-corrected chi connectivity index (χ4v) is 4.59. The SMILES string of the molecule is CS(=O)(=O)Nc1ccc(C(=O)CSc2nnc(-c3ccc(F)cc3)c3ccccc23)cc1. The molecule has 0 atom stereocenters. The van der Waals surface area contributed by atoms with Gasteiger partial charge in [-0.25, -0.2) is 12.8 Å². The summed E-state index contributed by atoms with van der Waals surface area (Å²) in [5.74, 6) is -0.292. The maximum absolute atomic E-state index is 13.3. The summed E-state index contributed by atoms with van der Waals surface area (Å²) < 4.78 is 38.3. The van der Waals surface area contributed by atoms with Crippen LogP contribution in [0.3, 0.4) is 0 Å². The van der Waals surface area contributed by atoms with Crippen LogP contribution in [-0.4, -0.2) is 36.4 Å². The third-order valence-corrected chi connectivity index (χ3v) is 6.21. The zero-order chi connectivity index (χ0) is 22.7. The van der Waals surface area contributed by atoms with Crippen molar-refractivity contribution in [2.75, 3.05) is 16.7 Å². The molecule has 0 unspecified atom stereocenters. The number of rotatable bonds is 7. The Balaban J connectivity index is 1.54. The van der Waals surface area contributed by atoms with Gasteiger partial charge in [0.1, 0.15) is 16.5 Å². The van der Waals surface area contributed by atoms with Gasteiger partial charge in [-0.1, -0.05) is 36.0 Å². The monoisotopic (exact) mass is 467 g/mol. The molecule has 4 rings (SSSR count). The van der Waals surface area contributed by atoms with Gasteiger partial charge < -0.3 is 0 Å². The van der Waals surface area contributed by atoms with Gasteiger partial charge in [-0.3, -0.25) is 9.52 Å². The van der Waals surface area contributed by atoms with Crippen LogP contribution in [-0.2, 0) is 10.0 Å². The molecule has 3 aromatic carbocycles. The molecule has 1 heterocycles. The first-order valence-corrected chi connectivity index (χ1v) is 12.4. The smallest absolute Gasteiger partial charge is 0.229 e. The molecule has 0 amide bonds. The lowest BCUT2D eigenvalue weighted by Gasteiger charge is -2.09. The Kier molecular flexibility index (Phi) is 6.20. The number of nitrogens with zero attached hydrogens (tertiary/aromatic N) is 2. The van der Waals surface area contributed by atoms with Gasteiger partial charge >= 0.3 is 0 Å². The van der Waals surface area contributed by atoms with Crippen LogP contribution in [0.2, 0.25) is 0 Å². The van der Waals surface area contributed by atoms with Crippen molar-refractivity contribution in [2.24, 2.45) is 0 Å². The number of anilines is 1. The van der Waals surface area contributed by atoms with Crippen LogP contribution in [0.15, 0.2) is 77.8 Å². The van der Waals surface area contributed by atoms with Crippen LogP contribution in [0.25, 0.3) is 22.0 Å². The van der Waals surface area contributed by atoms with E-state index in [1.54, 1.807) is 36.4 Å². The molecule has 0 saturated heterocycles. The first-order chi connectivity index (χ1) is 15.3. The summed E-state index contributed by atoms with van der Waals surface area (Å²) >= 11 is 1.28. The van der Waals surface area contributed by atoms with E-state index in [1.807, 2.05) is 24.3 Å². The van der Waals surface area contributed by atoms with Gasteiger partial charge in [0.05, 0.1) is 12.0 Å². The van der Waals surface area contributed by atoms with Crippen molar-refractivity contribution in [3.63, 3.8) is 0 Å². The normalized spacial score (nSPS) is 11.4. The fraction of sp³-hybridized carbons (Fsp3) is 0.0870. The maximum atomic E-state index is 13.3. The summed E-state index contributed by atoms with van der Waals surface area (Å²) in [5.41, 5.74) is 2.26. The molecule has 0 bridgehead atoms. The summed E-state index contributed by atoms with van der Waals surface area (Å²) in [5, 5.41) is 11.0. The molecule has 0 saturated carbocycles. The topological polar surface area (TPSA) is 89.0 Å².